The summed E-state index contributed by atoms with van der Waals surface area (Å²) >= 11 is 6.07. The lowest BCUT2D eigenvalue weighted by Crippen LogP contribution is -2.01. The summed E-state index contributed by atoms with van der Waals surface area (Å²) in [7, 11) is 1.93. The van der Waals surface area contributed by atoms with Crippen LogP contribution in [0.2, 0.25) is 5.02 Å². The van der Waals surface area contributed by atoms with E-state index < -0.39 is 0 Å². The van der Waals surface area contributed by atoms with Gasteiger partial charge in [0.25, 0.3) is 0 Å². The first-order valence-corrected chi connectivity index (χ1v) is 5.52. The van der Waals surface area contributed by atoms with Gasteiger partial charge in [0, 0.05) is 18.6 Å². The fraction of sp³-hybridized carbons (Fsp3) is 0.250. The number of anilines is 1. The van der Waals surface area contributed by atoms with E-state index >= 15 is 0 Å². The fourth-order valence-electron chi connectivity index (χ4n) is 1.50. The van der Waals surface area contributed by atoms with Crippen LogP contribution in [0.3, 0.4) is 0 Å². The first kappa shape index (κ1) is 11.0. The second kappa shape index (κ2) is 4.58. The first-order chi connectivity index (χ1) is 7.68. The topological polar surface area (TPSA) is 29.9 Å². The summed E-state index contributed by atoms with van der Waals surface area (Å²) in [5, 5.41) is 8.28. The molecule has 2 rings (SSSR count). The Hall–Kier alpha value is -1.48. The van der Waals surface area contributed by atoms with E-state index in [1.165, 1.54) is 0 Å². The van der Waals surface area contributed by atoms with Crippen LogP contribution in [0.5, 0.6) is 0 Å². The molecule has 2 aromatic rings. The van der Waals surface area contributed by atoms with Crippen LogP contribution in [0.4, 0.5) is 5.69 Å². The Balaban J connectivity index is 2.08. The maximum absolute atomic E-state index is 6.07. The molecule has 0 aliphatic carbocycles. The summed E-state index contributed by atoms with van der Waals surface area (Å²) in [5.41, 5.74) is 3.25. The zero-order chi connectivity index (χ0) is 11.5. The molecular weight excluding hydrogens is 222 g/mol. The van der Waals surface area contributed by atoms with Crippen LogP contribution in [-0.4, -0.2) is 9.78 Å². The maximum atomic E-state index is 6.07. The van der Waals surface area contributed by atoms with Crippen molar-refractivity contribution in [3.05, 3.63) is 46.7 Å². The van der Waals surface area contributed by atoms with Crippen LogP contribution in [-0.2, 0) is 13.6 Å². The van der Waals surface area contributed by atoms with E-state index in [9.17, 15) is 0 Å². The monoisotopic (exact) mass is 235 g/mol. The highest BCUT2D eigenvalue weighted by Crippen LogP contribution is 2.18. The maximum Gasteiger partial charge on any atom is 0.0758 e. The average molecular weight is 236 g/mol. The predicted octanol–water partition coefficient (Wildman–Crippen LogP) is 2.99. The van der Waals surface area contributed by atoms with Gasteiger partial charge in [-0.25, -0.2) is 0 Å². The largest absolute Gasteiger partial charge is 0.378 e. The molecule has 16 heavy (non-hydrogen) atoms. The molecule has 0 unspecified atom stereocenters. The summed E-state index contributed by atoms with van der Waals surface area (Å²) in [6, 6.07) is 7.83. The third-order valence-corrected chi connectivity index (χ3v) is 3.03. The molecule has 1 aromatic heterocycles. The lowest BCUT2D eigenvalue weighted by molar-refractivity contribution is 0.740. The molecule has 0 saturated heterocycles. The zero-order valence-corrected chi connectivity index (χ0v) is 10.1. The molecule has 0 amide bonds. The van der Waals surface area contributed by atoms with Crippen LogP contribution in [0, 0.1) is 6.92 Å². The molecule has 1 heterocycles. The second-order valence-electron chi connectivity index (χ2n) is 3.71. The standard InChI is InChI=1S/C12H14ClN3/c1-9-12(8-15-16(9)2)14-7-10-5-3-4-6-11(10)13/h3-6,8,14H,7H2,1-2H3. The second-order valence-corrected chi connectivity index (χ2v) is 4.12. The predicted molar refractivity (Wildman–Crippen MR) is 66.7 cm³/mol. The summed E-state index contributed by atoms with van der Waals surface area (Å²) in [4.78, 5) is 0. The molecule has 1 aromatic carbocycles. The molecule has 1 N–H and O–H groups in total. The zero-order valence-electron chi connectivity index (χ0n) is 9.37. The minimum atomic E-state index is 0.714. The van der Waals surface area contributed by atoms with Gasteiger partial charge in [0.15, 0.2) is 0 Å². The van der Waals surface area contributed by atoms with Gasteiger partial charge in [-0.1, -0.05) is 29.8 Å². The lowest BCUT2D eigenvalue weighted by atomic mass is 10.2. The van der Waals surface area contributed by atoms with E-state index in [1.807, 2.05) is 49.1 Å². The number of nitrogens with one attached hydrogen (secondary N) is 1. The number of benzene rings is 1. The van der Waals surface area contributed by atoms with E-state index in [1.54, 1.807) is 0 Å². The highest BCUT2D eigenvalue weighted by Gasteiger charge is 2.04. The van der Waals surface area contributed by atoms with Crippen molar-refractivity contribution < 1.29 is 0 Å². The lowest BCUT2D eigenvalue weighted by Gasteiger charge is -2.07. The molecule has 0 spiro atoms. The van der Waals surface area contributed by atoms with E-state index in [4.69, 9.17) is 11.6 Å². The number of rotatable bonds is 3. The van der Waals surface area contributed by atoms with E-state index in [0.29, 0.717) is 6.54 Å². The minimum Gasteiger partial charge on any atom is -0.378 e. The molecular formula is C12H14ClN3. The Labute approximate surface area is 100 Å². The summed E-state index contributed by atoms with van der Waals surface area (Å²) < 4.78 is 1.84. The number of aryl methyl sites for hydroxylation is 1. The van der Waals surface area contributed by atoms with Crippen molar-refractivity contribution in [1.29, 1.82) is 0 Å². The molecule has 0 fully saturated rings. The van der Waals surface area contributed by atoms with Crippen molar-refractivity contribution in [2.45, 2.75) is 13.5 Å². The molecule has 3 nitrogen and oxygen atoms in total. The van der Waals surface area contributed by atoms with Gasteiger partial charge in [0.1, 0.15) is 0 Å². The number of halogens is 1. The number of hydrogen-bond donors (Lipinski definition) is 1. The number of nitrogens with zero attached hydrogens (tertiary/aromatic N) is 2. The fourth-order valence-corrected chi connectivity index (χ4v) is 1.71. The highest BCUT2D eigenvalue weighted by molar-refractivity contribution is 6.31. The van der Waals surface area contributed by atoms with E-state index in [0.717, 1.165) is 22.0 Å². The molecule has 0 atom stereocenters. The minimum absolute atomic E-state index is 0.714. The SMILES string of the molecule is Cc1c(NCc2ccccc2Cl)cnn1C. The molecule has 4 heteroatoms. The Bertz CT molecular complexity index is 491. The van der Waals surface area contributed by atoms with Gasteiger partial charge in [-0.15, -0.1) is 0 Å². The van der Waals surface area contributed by atoms with E-state index in [-0.39, 0.29) is 0 Å². The molecule has 0 aliphatic heterocycles. The van der Waals surface area contributed by atoms with Crippen LogP contribution in [0.25, 0.3) is 0 Å². The third kappa shape index (κ3) is 2.19. The number of aromatic nitrogens is 2. The first-order valence-electron chi connectivity index (χ1n) is 5.14. The van der Waals surface area contributed by atoms with Crippen molar-refractivity contribution in [2.24, 2.45) is 7.05 Å². The highest BCUT2D eigenvalue weighted by atomic mass is 35.5. The van der Waals surface area contributed by atoms with Crippen LogP contribution in [0.15, 0.2) is 30.5 Å². The summed E-state index contributed by atoms with van der Waals surface area (Å²) in [6.45, 7) is 2.74. The Morgan fingerprint density at radius 3 is 2.75 bits per heavy atom. The average Bonchev–Trinajstić information content (AvgIpc) is 2.59. The Morgan fingerprint density at radius 2 is 2.12 bits per heavy atom. The summed E-state index contributed by atoms with van der Waals surface area (Å²) in [6.07, 6.45) is 1.83. The van der Waals surface area contributed by atoms with Gasteiger partial charge >= 0.3 is 0 Å². The van der Waals surface area contributed by atoms with Crippen LogP contribution >= 0.6 is 11.6 Å². The van der Waals surface area contributed by atoms with E-state index in [2.05, 4.69) is 10.4 Å². The van der Waals surface area contributed by atoms with Gasteiger partial charge in [0.05, 0.1) is 17.6 Å². The van der Waals surface area contributed by atoms with Crippen LogP contribution in [0.1, 0.15) is 11.3 Å². The van der Waals surface area contributed by atoms with Gasteiger partial charge in [-0.2, -0.15) is 5.10 Å². The van der Waals surface area contributed by atoms with Crippen molar-refractivity contribution in [3.8, 4) is 0 Å². The summed E-state index contributed by atoms with van der Waals surface area (Å²) in [5.74, 6) is 0. The normalized spacial score (nSPS) is 10.4. The molecule has 84 valence electrons. The van der Waals surface area contributed by atoms with Gasteiger partial charge in [0.2, 0.25) is 0 Å². The van der Waals surface area contributed by atoms with Gasteiger partial charge in [-0.3, -0.25) is 4.68 Å². The van der Waals surface area contributed by atoms with Crippen molar-refractivity contribution >= 4 is 17.3 Å². The van der Waals surface area contributed by atoms with Crippen molar-refractivity contribution in [1.82, 2.24) is 9.78 Å². The molecule has 0 radical (unpaired) electrons. The Kier molecular flexibility index (Phi) is 3.15. The Morgan fingerprint density at radius 1 is 1.38 bits per heavy atom. The van der Waals surface area contributed by atoms with Crippen molar-refractivity contribution in [3.63, 3.8) is 0 Å². The molecule has 0 aliphatic rings. The van der Waals surface area contributed by atoms with Gasteiger partial charge < -0.3 is 5.32 Å². The van der Waals surface area contributed by atoms with Crippen molar-refractivity contribution in [2.75, 3.05) is 5.32 Å². The third-order valence-electron chi connectivity index (χ3n) is 2.66. The molecule has 0 saturated carbocycles. The molecule has 0 bridgehead atoms. The van der Waals surface area contributed by atoms with Crippen LogP contribution < -0.4 is 5.32 Å². The van der Waals surface area contributed by atoms with Gasteiger partial charge in [-0.05, 0) is 18.6 Å². The number of hydrogen-bond acceptors (Lipinski definition) is 2. The smallest absolute Gasteiger partial charge is 0.0758 e. The quantitative estimate of drug-likeness (QED) is 0.887.